The monoisotopic (exact) mass is 338 g/mol. The number of unbranched alkanes of at least 4 members (excludes halogenated alkanes) is 1. The van der Waals surface area contributed by atoms with Gasteiger partial charge in [-0.2, -0.15) is 5.10 Å². The van der Waals surface area contributed by atoms with E-state index in [0.717, 1.165) is 35.2 Å². The molecule has 1 aromatic carbocycles. The van der Waals surface area contributed by atoms with Crippen molar-refractivity contribution in [3.8, 4) is 22.4 Å². The number of amides is 1. The summed E-state index contributed by atoms with van der Waals surface area (Å²) in [4.78, 5) is 16.2. The van der Waals surface area contributed by atoms with Crippen molar-refractivity contribution in [1.29, 1.82) is 0 Å². The molecule has 0 radical (unpaired) electrons. The zero-order valence-electron chi connectivity index (χ0n) is 13.9. The number of hydrogen-bond acceptors (Lipinski definition) is 3. The molecule has 0 aliphatic carbocycles. The fourth-order valence-electron chi connectivity index (χ4n) is 2.59. The first-order chi connectivity index (χ1) is 12.2. The van der Waals surface area contributed by atoms with Crippen molar-refractivity contribution in [3.63, 3.8) is 0 Å². The molecule has 2 aromatic heterocycles. The summed E-state index contributed by atoms with van der Waals surface area (Å²) in [5.74, 6) is 0.0859. The molecular weight excluding hydrogens is 319 g/mol. The lowest BCUT2D eigenvalue weighted by atomic mass is 10.0. The highest BCUT2D eigenvalue weighted by atomic mass is 19.1. The summed E-state index contributed by atoms with van der Waals surface area (Å²) in [5, 5.41) is 10.1. The third-order valence-electron chi connectivity index (χ3n) is 3.88. The van der Waals surface area contributed by atoms with Crippen molar-refractivity contribution in [2.45, 2.75) is 26.2 Å². The summed E-state index contributed by atoms with van der Waals surface area (Å²) in [7, 11) is 0. The maximum atomic E-state index is 13.2. The van der Waals surface area contributed by atoms with E-state index in [9.17, 15) is 9.18 Å². The maximum absolute atomic E-state index is 13.2. The normalized spacial score (nSPS) is 10.6. The van der Waals surface area contributed by atoms with Gasteiger partial charge < -0.3 is 5.32 Å². The molecule has 0 spiro atoms. The number of anilines is 1. The first-order valence-corrected chi connectivity index (χ1v) is 8.23. The predicted octanol–water partition coefficient (Wildman–Crippen LogP) is 4.41. The standard InChI is InChI=1S/C19H19FN4O/c1-2-3-4-16(25)22-19-17(13-9-11-21-12-10-13)18(23-24-19)14-5-7-15(20)8-6-14/h5-12H,2-4H2,1H3,(H2,22,23,24,25). The van der Waals surface area contributed by atoms with E-state index in [1.165, 1.54) is 12.1 Å². The van der Waals surface area contributed by atoms with Crippen LogP contribution in [0.4, 0.5) is 10.2 Å². The minimum atomic E-state index is -0.304. The summed E-state index contributed by atoms with van der Waals surface area (Å²) in [5.41, 5.74) is 3.14. The SMILES string of the molecule is CCCCC(=O)Nc1n[nH]c(-c2ccc(F)cc2)c1-c1ccncc1. The summed E-state index contributed by atoms with van der Waals surface area (Å²) in [6, 6.07) is 9.84. The van der Waals surface area contributed by atoms with Gasteiger partial charge in [-0.3, -0.25) is 14.9 Å². The van der Waals surface area contributed by atoms with Gasteiger partial charge in [0.2, 0.25) is 5.91 Å². The largest absolute Gasteiger partial charge is 0.309 e. The van der Waals surface area contributed by atoms with Crippen LogP contribution in [0.5, 0.6) is 0 Å². The molecule has 0 fully saturated rings. The lowest BCUT2D eigenvalue weighted by Crippen LogP contribution is -2.12. The van der Waals surface area contributed by atoms with E-state index >= 15 is 0 Å². The van der Waals surface area contributed by atoms with Gasteiger partial charge in [0.1, 0.15) is 5.82 Å². The number of pyridine rings is 1. The van der Waals surface area contributed by atoms with Gasteiger partial charge in [0.05, 0.1) is 11.3 Å². The number of benzene rings is 1. The zero-order valence-corrected chi connectivity index (χ0v) is 13.9. The molecule has 0 aliphatic rings. The average Bonchev–Trinajstić information content (AvgIpc) is 3.04. The van der Waals surface area contributed by atoms with Gasteiger partial charge in [0.25, 0.3) is 0 Å². The fraction of sp³-hybridized carbons (Fsp3) is 0.211. The number of nitrogens with one attached hydrogen (secondary N) is 2. The maximum Gasteiger partial charge on any atom is 0.225 e. The van der Waals surface area contributed by atoms with Crippen molar-refractivity contribution < 1.29 is 9.18 Å². The van der Waals surface area contributed by atoms with E-state index in [2.05, 4.69) is 20.5 Å². The number of hydrogen-bond donors (Lipinski definition) is 2. The van der Waals surface area contributed by atoms with Gasteiger partial charge in [0.15, 0.2) is 5.82 Å². The van der Waals surface area contributed by atoms with Crippen molar-refractivity contribution in [3.05, 3.63) is 54.6 Å². The smallest absolute Gasteiger partial charge is 0.225 e. The highest BCUT2D eigenvalue weighted by molar-refractivity contribution is 5.97. The quantitative estimate of drug-likeness (QED) is 0.699. The van der Waals surface area contributed by atoms with Crippen molar-refractivity contribution >= 4 is 11.7 Å². The molecule has 0 aliphatic heterocycles. The van der Waals surface area contributed by atoms with Crippen molar-refractivity contribution in [2.75, 3.05) is 5.32 Å². The minimum Gasteiger partial charge on any atom is -0.309 e. The van der Waals surface area contributed by atoms with Crippen LogP contribution in [0.2, 0.25) is 0 Å². The number of carbonyl (C=O) groups excluding carboxylic acids is 1. The molecule has 0 saturated heterocycles. The highest BCUT2D eigenvalue weighted by Gasteiger charge is 2.18. The summed E-state index contributed by atoms with van der Waals surface area (Å²) < 4.78 is 13.2. The van der Waals surface area contributed by atoms with Gasteiger partial charge in [-0.25, -0.2) is 4.39 Å². The molecule has 6 heteroatoms. The molecule has 3 rings (SSSR count). The molecule has 2 heterocycles. The van der Waals surface area contributed by atoms with Crippen molar-refractivity contribution in [2.24, 2.45) is 0 Å². The lowest BCUT2D eigenvalue weighted by molar-refractivity contribution is -0.116. The minimum absolute atomic E-state index is 0.0747. The Hall–Kier alpha value is -3.02. The van der Waals surface area contributed by atoms with Gasteiger partial charge in [-0.1, -0.05) is 13.3 Å². The molecule has 0 saturated carbocycles. The van der Waals surface area contributed by atoms with Crippen LogP contribution in [0.15, 0.2) is 48.8 Å². The zero-order chi connectivity index (χ0) is 17.6. The van der Waals surface area contributed by atoms with Crippen LogP contribution in [-0.4, -0.2) is 21.1 Å². The fourth-order valence-corrected chi connectivity index (χ4v) is 2.59. The molecule has 5 nitrogen and oxygen atoms in total. The van der Waals surface area contributed by atoms with E-state index in [0.29, 0.717) is 12.2 Å². The van der Waals surface area contributed by atoms with Crippen LogP contribution in [0, 0.1) is 5.82 Å². The van der Waals surface area contributed by atoms with Crippen LogP contribution in [-0.2, 0) is 4.79 Å². The number of rotatable bonds is 6. The molecule has 25 heavy (non-hydrogen) atoms. The van der Waals surface area contributed by atoms with E-state index < -0.39 is 0 Å². The Morgan fingerprint density at radius 1 is 1.12 bits per heavy atom. The Bertz CT molecular complexity index is 844. The van der Waals surface area contributed by atoms with E-state index in [1.54, 1.807) is 24.5 Å². The second-order valence-corrected chi connectivity index (χ2v) is 5.72. The van der Waals surface area contributed by atoms with Gasteiger partial charge in [-0.15, -0.1) is 0 Å². The number of aromatic amines is 1. The summed E-state index contributed by atoms with van der Waals surface area (Å²) in [6.07, 6.45) is 5.58. The molecule has 0 atom stereocenters. The van der Waals surface area contributed by atoms with Crippen LogP contribution in [0.25, 0.3) is 22.4 Å². The van der Waals surface area contributed by atoms with Crippen LogP contribution >= 0.6 is 0 Å². The third-order valence-corrected chi connectivity index (χ3v) is 3.88. The molecule has 1 amide bonds. The Kier molecular flexibility index (Phi) is 5.18. The van der Waals surface area contributed by atoms with Gasteiger partial charge in [0, 0.05) is 24.4 Å². The average molecular weight is 338 g/mol. The van der Waals surface area contributed by atoms with Crippen LogP contribution in [0.3, 0.4) is 0 Å². The first-order valence-electron chi connectivity index (χ1n) is 8.23. The number of aromatic nitrogens is 3. The Labute approximate surface area is 145 Å². The second kappa shape index (κ2) is 7.70. The number of carbonyl (C=O) groups is 1. The summed E-state index contributed by atoms with van der Waals surface area (Å²) >= 11 is 0. The second-order valence-electron chi connectivity index (χ2n) is 5.72. The van der Waals surface area contributed by atoms with Crippen LogP contribution < -0.4 is 5.32 Å². The Balaban J connectivity index is 2.01. The number of halogens is 1. The topological polar surface area (TPSA) is 70.7 Å². The highest BCUT2D eigenvalue weighted by Crippen LogP contribution is 2.35. The number of H-pyrrole nitrogens is 1. The molecule has 3 aromatic rings. The van der Waals surface area contributed by atoms with E-state index in [-0.39, 0.29) is 11.7 Å². The molecule has 2 N–H and O–H groups in total. The van der Waals surface area contributed by atoms with E-state index in [1.807, 2.05) is 19.1 Å². The van der Waals surface area contributed by atoms with Crippen LogP contribution in [0.1, 0.15) is 26.2 Å². The molecule has 0 bridgehead atoms. The van der Waals surface area contributed by atoms with E-state index in [4.69, 9.17) is 0 Å². The predicted molar refractivity (Wildman–Crippen MR) is 95.4 cm³/mol. The molecule has 0 unspecified atom stereocenters. The third kappa shape index (κ3) is 3.91. The van der Waals surface area contributed by atoms with Gasteiger partial charge >= 0.3 is 0 Å². The molecule has 128 valence electrons. The Morgan fingerprint density at radius 2 is 1.84 bits per heavy atom. The Morgan fingerprint density at radius 3 is 2.52 bits per heavy atom. The molecular formula is C19H19FN4O. The first kappa shape index (κ1) is 16.8. The van der Waals surface area contributed by atoms with Gasteiger partial charge in [-0.05, 0) is 48.4 Å². The summed E-state index contributed by atoms with van der Waals surface area (Å²) in [6.45, 7) is 2.04. The van der Waals surface area contributed by atoms with Crippen molar-refractivity contribution in [1.82, 2.24) is 15.2 Å². The number of nitrogens with zero attached hydrogens (tertiary/aromatic N) is 2. The lowest BCUT2D eigenvalue weighted by Gasteiger charge is -2.08.